The fraction of sp³-hybridized carbons (Fsp3) is 1.00. The molecule has 0 bridgehead atoms. The maximum atomic E-state index is 8.69. The second-order valence-corrected chi connectivity index (χ2v) is 1.76. The van der Waals surface area contributed by atoms with Crippen LogP contribution in [0.2, 0.25) is 0 Å². The van der Waals surface area contributed by atoms with Crippen LogP contribution < -0.4 is 5.32 Å². The quantitative estimate of drug-likeness (QED) is 0.326. The van der Waals surface area contributed by atoms with Gasteiger partial charge in [0.2, 0.25) is 0 Å². The van der Waals surface area contributed by atoms with Crippen molar-refractivity contribution in [3.05, 3.63) is 0 Å². The lowest BCUT2D eigenvalue weighted by Gasteiger charge is -2.06. The molecule has 0 saturated heterocycles. The molecule has 0 aliphatic rings. The van der Waals surface area contributed by atoms with Crippen molar-refractivity contribution in [2.24, 2.45) is 0 Å². The Hall–Kier alpha value is -0.160. The van der Waals surface area contributed by atoms with E-state index in [4.69, 9.17) is 15.3 Å². The fourth-order valence-corrected chi connectivity index (χ4v) is 0.412. The molecule has 4 nitrogen and oxygen atoms in total. The maximum absolute atomic E-state index is 8.69. The topological polar surface area (TPSA) is 72.7 Å². The van der Waals surface area contributed by atoms with Gasteiger partial charge in [-0.15, -0.1) is 0 Å². The minimum Gasteiger partial charge on any atom is -0.395 e. The van der Waals surface area contributed by atoms with Crippen molar-refractivity contribution >= 4 is 0 Å². The molecule has 0 aromatic carbocycles. The van der Waals surface area contributed by atoms with Crippen molar-refractivity contribution in [3.8, 4) is 0 Å². The maximum Gasteiger partial charge on any atom is 0.0894 e. The summed E-state index contributed by atoms with van der Waals surface area (Å²) in [4.78, 5) is 0. The molecule has 56 valence electrons. The summed E-state index contributed by atoms with van der Waals surface area (Å²) in [5.74, 6) is 0. The zero-order chi connectivity index (χ0) is 7.11. The molecule has 1 atom stereocenters. The Morgan fingerprint density at radius 3 is 2.44 bits per heavy atom. The molecule has 0 aliphatic heterocycles. The largest absolute Gasteiger partial charge is 0.395 e. The van der Waals surface area contributed by atoms with E-state index in [-0.39, 0.29) is 13.2 Å². The molecule has 0 spiro atoms. The van der Waals surface area contributed by atoms with E-state index in [1.807, 2.05) is 0 Å². The molecule has 4 N–H and O–H groups in total. The number of nitrogens with one attached hydrogen (secondary N) is 1. The van der Waals surface area contributed by atoms with Crippen molar-refractivity contribution < 1.29 is 15.3 Å². The van der Waals surface area contributed by atoms with Gasteiger partial charge in [0, 0.05) is 13.1 Å². The summed E-state index contributed by atoms with van der Waals surface area (Å²) in [5.41, 5.74) is 0. The Kier molecular flexibility index (Phi) is 5.86. The normalized spacial score (nSPS) is 13.7. The van der Waals surface area contributed by atoms with Crippen molar-refractivity contribution in [2.75, 3.05) is 26.3 Å². The van der Waals surface area contributed by atoms with E-state index in [9.17, 15) is 0 Å². The molecule has 0 radical (unpaired) electrons. The van der Waals surface area contributed by atoms with Gasteiger partial charge < -0.3 is 20.6 Å². The SMILES string of the molecule is OCCNC[C@@H](O)CO. The van der Waals surface area contributed by atoms with E-state index >= 15 is 0 Å². The first-order chi connectivity index (χ1) is 4.31. The molecule has 0 aromatic heterocycles. The average Bonchev–Trinajstić information content (AvgIpc) is 1.89. The first-order valence-electron chi connectivity index (χ1n) is 2.91. The molecule has 0 heterocycles. The Balaban J connectivity index is 2.88. The van der Waals surface area contributed by atoms with Crippen molar-refractivity contribution in [2.45, 2.75) is 6.10 Å². The van der Waals surface area contributed by atoms with Gasteiger partial charge in [-0.3, -0.25) is 0 Å². The molecule has 0 aromatic rings. The van der Waals surface area contributed by atoms with E-state index in [0.717, 1.165) is 0 Å². The molecule has 0 amide bonds. The van der Waals surface area contributed by atoms with Crippen LogP contribution >= 0.6 is 0 Å². The molecule has 9 heavy (non-hydrogen) atoms. The van der Waals surface area contributed by atoms with Crippen molar-refractivity contribution in [1.82, 2.24) is 5.32 Å². The van der Waals surface area contributed by atoms with Crippen LogP contribution in [0, 0.1) is 0 Å². The summed E-state index contributed by atoms with van der Waals surface area (Å²) in [5, 5.41) is 27.9. The molecular weight excluding hydrogens is 122 g/mol. The van der Waals surface area contributed by atoms with Crippen LogP contribution in [-0.2, 0) is 0 Å². The van der Waals surface area contributed by atoms with Gasteiger partial charge >= 0.3 is 0 Å². The first-order valence-corrected chi connectivity index (χ1v) is 2.91. The van der Waals surface area contributed by atoms with Crippen LogP contribution in [0.4, 0.5) is 0 Å². The summed E-state index contributed by atoms with van der Waals surface area (Å²) >= 11 is 0. The Bertz CT molecular complexity index is 60.2. The Morgan fingerprint density at radius 2 is 2.00 bits per heavy atom. The fourth-order valence-electron chi connectivity index (χ4n) is 0.412. The lowest BCUT2D eigenvalue weighted by atomic mass is 10.4. The summed E-state index contributed by atoms with van der Waals surface area (Å²) in [6.45, 7) is 0.602. The molecule has 0 aliphatic carbocycles. The molecule has 0 fully saturated rings. The lowest BCUT2D eigenvalue weighted by molar-refractivity contribution is 0.0933. The van der Waals surface area contributed by atoms with Gasteiger partial charge in [0.25, 0.3) is 0 Å². The summed E-state index contributed by atoms with van der Waals surface area (Å²) in [6, 6.07) is 0. The van der Waals surface area contributed by atoms with Crippen LogP contribution in [0.15, 0.2) is 0 Å². The highest BCUT2D eigenvalue weighted by Crippen LogP contribution is 1.74. The Labute approximate surface area is 54.1 Å². The number of aliphatic hydroxyl groups excluding tert-OH is 3. The summed E-state index contributed by atoms with van der Waals surface area (Å²) in [7, 11) is 0. The van der Waals surface area contributed by atoms with Gasteiger partial charge in [-0.25, -0.2) is 0 Å². The summed E-state index contributed by atoms with van der Waals surface area (Å²) < 4.78 is 0. The third kappa shape index (κ3) is 5.72. The first kappa shape index (κ1) is 8.84. The number of hydrogen-bond acceptors (Lipinski definition) is 4. The van der Waals surface area contributed by atoms with Gasteiger partial charge in [0.15, 0.2) is 0 Å². The van der Waals surface area contributed by atoms with Crippen LogP contribution in [0.1, 0.15) is 0 Å². The molecule has 4 heteroatoms. The highest BCUT2D eigenvalue weighted by molar-refractivity contribution is 4.55. The lowest BCUT2D eigenvalue weighted by Crippen LogP contribution is -2.31. The smallest absolute Gasteiger partial charge is 0.0894 e. The van der Waals surface area contributed by atoms with Crippen LogP contribution in [0.3, 0.4) is 0 Å². The minimum atomic E-state index is -0.712. The zero-order valence-electron chi connectivity index (χ0n) is 5.25. The third-order valence-electron chi connectivity index (χ3n) is 0.879. The molecular formula is C5H13NO3. The predicted octanol–water partition coefficient (Wildman–Crippen LogP) is -2.08. The second kappa shape index (κ2) is 5.97. The number of aliphatic hydroxyl groups is 3. The van der Waals surface area contributed by atoms with Crippen LogP contribution in [-0.4, -0.2) is 47.7 Å². The highest BCUT2D eigenvalue weighted by atomic mass is 16.3. The van der Waals surface area contributed by atoms with E-state index in [1.165, 1.54) is 0 Å². The summed E-state index contributed by atoms with van der Waals surface area (Å²) in [6.07, 6.45) is -0.712. The van der Waals surface area contributed by atoms with E-state index in [2.05, 4.69) is 5.32 Å². The molecule has 0 unspecified atom stereocenters. The van der Waals surface area contributed by atoms with Crippen molar-refractivity contribution in [1.29, 1.82) is 0 Å². The minimum absolute atomic E-state index is 0.0537. The standard InChI is InChI=1S/C5H13NO3/c7-2-1-6-3-5(9)4-8/h5-9H,1-4H2/t5-/m1/s1. The van der Waals surface area contributed by atoms with Gasteiger partial charge in [0.05, 0.1) is 19.3 Å². The molecule has 0 rings (SSSR count). The van der Waals surface area contributed by atoms with Crippen LogP contribution in [0.5, 0.6) is 0 Å². The van der Waals surface area contributed by atoms with Gasteiger partial charge in [-0.1, -0.05) is 0 Å². The van der Waals surface area contributed by atoms with E-state index in [0.29, 0.717) is 13.1 Å². The number of rotatable bonds is 5. The predicted molar refractivity (Wildman–Crippen MR) is 33.0 cm³/mol. The van der Waals surface area contributed by atoms with Crippen LogP contribution in [0.25, 0.3) is 0 Å². The Morgan fingerprint density at radius 1 is 1.33 bits per heavy atom. The van der Waals surface area contributed by atoms with Crippen molar-refractivity contribution in [3.63, 3.8) is 0 Å². The second-order valence-electron chi connectivity index (χ2n) is 1.76. The molecule has 0 saturated carbocycles. The van der Waals surface area contributed by atoms with E-state index < -0.39 is 6.10 Å². The number of hydrogen-bond donors (Lipinski definition) is 4. The van der Waals surface area contributed by atoms with Gasteiger partial charge in [0.1, 0.15) is 0 Å². The van der Waals surface area contributed by atoms with Gasteiger partial charge in [-0.2, -0.15) is 0 Å². The van der Waals surface area contributed by atoms with E-state index in [1.54, 1.807) is 0 Å². The zero-order valence-corrected chi connectivity index (χ0v) is 5.25. The highest BCUT2D eigenvalue weighted by Gasteiger charge is 1.97. The monoisotopic (exact) mass is 135 g/mol. The average molecular weight is 135 g/mol. The third-order valence-corrected chi connectivity index (χ3v) is 0.879. The van der Waals surface area contributed by atoms with Gasteiger partial charge in [-0.05, 0) is 0 Å².